The second-order valence-electron chi connectivity index (χ2n) is 5.43. The largest absolute Gasteiger partial charge is 0.353 e. The molecule has 1 aliphatic heterocycles. The zero-order chi connectivity index (χ0) is 17.1. The van der Waals surface area contributed by atoms with E-state index in [0.29, 0.717) is 16.5 Å². The normalized spacial score (nSPS) is 14.5. The first-order valence-electron chi connectivity index (χ1n) is 7.53. The molecule has 1 saturated heterocycles. The van der Waals surface area contributed by atoms with Crippen LogP contribution >= 0.6 is 23.2 Å². The van der Waals surface area contributed by atoms with Crippen LogP contribution in [-0.2, 0) is 0 Å². The lowest BCUT2D eigenvalue weighted by Crippen LogP contribution is -2.31. The zero-order valence-corrected chi connectivity index (χ0v) is 14.2. The lowest BCUT2D eigenvalue weighted by atomic mass is 10.1. The van der Waals surface area contributed by atoms with Crippen molar-refractivity contribution in [2.75, 3.05) is 23.3 Å². The number of hydrogen-bond acceptors (Lipinski definition) is 6. The highest BCUT2D eigenvalue weighted by molar-refractivity contribution is 6.43. The lowest BCUT2D eigenvalue weighted by molar-refractivity contribution is -0.383. The predicted octanol–water partition coefficient (Wildman–Crippen LogP) is 4.43. The number of rotatable bonds is 4. The zero-order valence-electron chi connectivity index (χ0n) is 12.7. The Kier molecular flexibility index (Phi) is 5.01. The highest BCUT2D eigenvalue weighted by Crippen LogP contribution is 2.37. The van der Waals surface area contributed by atoms with Gasteiger partial charge in [-0.2, -0.15) is 0 Å². The Morgan fingerprint density at radius 3 is 2.62 bits per heavy atom. The molecule has 0 radical (unpaired) electrons. The molecule has 1 aromatic heterocycles. The number of benzene rings is 1. The van der Waals surface area contributed by atoms with Crippen LogP contribution in [0.25, 0.3) is 0 Å². The number of piperidine rings is 1. The minimum Gasteiger partial charge on any atom is -0.351 e. The van der Waals surface area contributed by atoms with E-state index in [-0.39, 0.29) is 16.5 Å². The lowest BCUT2D eigenvalue weighted by Gasteiger charge is -2.27. The van der Waals surface area contributed by atoms with Gasteiger partial charge in [0.05, 0.1) is 20.7 Å². The fourth-order valence-electron chi connectivity index (χ4n) is 2.69. The molecule has 0 spiro atoms. The third kappa shape index (κ3) is 3.37. The van der Waals surface area contributed by atoms with Crippen molar-refractivity contribution in [2.24, 2.45) is 0 Å². The summed E-state index contributed by atoms with van der Waals surface area (Å²) in [6.45, 7) is 1.49. The average molecular weight is 368 g/mol. The molecule has 0 saturated carbocycles. The number of halogens is 2. The Morgan fingerprint density at radius 1 is 1.17 bits per heavy atom. The van der Waals surface area contributed by atoms with Gasteiger partial charge in [-0.1, -0.05) is 29.3 Å². The maximum absolute atomic E-state index is 11.6. The van der Waals surface area contributed by atoms with Crippen LogP contribution in [0.4, 0.5) is 23.0 Å². The second kappa shape index (κ2) is 7.19. The van der Waals surface area contributed by atoms with Crippen LogP contribution < -0.4 is 10.2 Å². The van der Waals surface area contributed by atoms with Gasteiger partial charge in [0, 0.05) is 13.1 Å². The Hall–Kier alpha value is -2.12. The molecular weight excluding hydrogens is 353 g/mol. The van der Waals surface area contributed by atoms with Gasteiger partial charge in [0.15, 0.2) is 0 Å². The van der Waals surface area contributed by atoms with Gasteiger partial charge in [0.25, 0.3) is 0 Å². The van der Waals surface area contributed by atoms with E-state index in [2.05, 4.69) is 15.3 Å². The molecule has 1 aromatic carbocycles. The number of nitrogens with zero attached hydrogens (tertiary/aromatic N) is 4. The molecule has 1 fully saturated rings. The molecule has 1 N–H and O–H groups in total. The molecule has 1 aliphatic rings. The highest BCUT2D eigenvalue weighted by Gasteiger charge is 2.28. The van der Waals surface area contributed by atoms with E-state index >= 15 is 0 Å². The molecule has 0 amide bonds. The maximum Gasteiger partial charge on any atom is 0.353 e. The van der Waals surface area contributed by atoms with Crippen LogP contribution in [0.5, 0.6) is 0 Å². The smallest absolute Gasteiger partial charge is 0.351 e. The van der Waals surface area contributed by atoms with Crippen molar-refractivity contribution >= 4 is 46.2 Å². The molecule has 0 atom stereocenters. The third-order valence-corrected chi connectivity index (χ3v) is 4.66. The quantitative estimate of drug-likeness (QED) is 0.635. The van der Waals surface area contributed by atoms with Crippen molar-refractivity contribution in [3.8, 4) is 0 Å². The summed E-state index contributed by atoms with van der Waals surface area (Å²) in [5, 5.41) is 15.2. The number of hydrogen-bond donors (Lipinski definition) is 1. The number of anilines is 3. The van der Waals surface area contributed by atoms with E-state index in [9.17, 15) is 10.1 Å². The first-order valence-corrected chi connectivity index (χ1v) is 8.29. The van der Waals surface area contributed by atoms with Crippen LogP contribution in [0, 0.1) is 10.1 Å². The molecule has 0 bridgehead atoms. The fourth-order valence-corrected chi connectivity index (χ4v) is 3.04. The summed E-state index contributed by atoms with van der Waals surface area (Å²) in [6, 6.07) is 5.03. The van der Waals surface area contributed by atoms with Gasteiger partial charge in [-0.25, -0.2) is 9.97 Å². The molecule has 24 heavy (non-hydrogen) atoms. The fraction of sp³-hybridized carbons (Fsp3) is 0.333. The Labute approximate surface area is 148 Å². The Bertz CT molecular complexity index is 766. The van der Waals surface area contributed by atoms with E-state index in [1.54, 1.807) is 18.2 Å². The molecule has 0 unspecified atom stereocenters. The van der Waals surface area contributed by atoms with E-state index < -0.39 is 4.92 Å². The molecule has 2 aromatic rings. The van der Waals surface area contributed by atoms with Gasteiger partial charge in [-0.15, -0.1) is 0 Å². The number of aromatic nitrogens is 2. The monoisotopic (exact) mass is 367 g/mol. The summed E-state index contributed by atoms with van der Waals surface area (Å²) in [7, 11) is 0. The van der Waals surface area contributed by atoms with Crippen LogP contribution in [0.2, 0.25) is 10.0 Å². The van der Waals surface area contributed by atoms with Crippen molar-refractivity contribution in [1.82, 2.24) is 9.97 Å². The van der Waals surface area contributed by atoms with Crippen LogP contribution in [-0.4, -0.2) is 28.0 Å². The summed E-state index contributed by atoms with van der Waals surface area (Å²) in [6.07, 6.45) is 4.42. The average Bonchev–Trinajstić information content (AvgIpc) is 2.59. The van der Waals surface area contributed by atoms with Crippen molar-refractivity contribution in [2.45, 2.75) is 19.3 Å². The van der Waals surface area contributed by atoms with Crippen molar-refractivity contribution in [3.05, 3.63) is 44.7 Å². The minimum atomic E-state index is -0.468. The van der Waals surface area contributed by atoms with E-state index in [4.69, 9.17) is 23.2 Å². The topological polar surface area (TPSA) is 84.2 Å². The van der Waals surface area contributed by atoms with Gasteiger partial charge in [0.1, 0.15) is 6.33 Å². The Morgan fingerprint density at radius 2 is 1.92 bits per heavy atom. The summed E-state index contributed by atoms with van der Waals surface area (Å²) >= 11 is 12.1. The van der Waals surface area contributed by atoms with Gasteiger partial charge in [0.2, 0.25) is 11.6 Å². The molecule has 9 heteroatoms. The van der Waals surface area contributed by atoms with E-state index in [0.717, 1.165) is 32.4 Å². The summed E-state index contributed by atoms with van der Waals surface area (Å²) < 4.78 is 0. The molecule has 3 rings (SSSR count). The van der Waals surface area contributed by atoms with Crippen LogP contribution in [0.3, 0.4) is 0 Å². The minimum absolute atomic E-state index is 0.0970. The van der Waals surface area contributed by atoms with Crippen molar-refractivity contribution in [3.63, 3.8) is 0 Å². The Balaban J connectivity index is 2.01. The summed E-state index contributed by atoms with van der Waals surface area (Å²) in [4.78, 5) is 21.3. The second-order valence-corrected chi connectivity index (χ2v) is 6.21. The maximum atomic E-state index is 11.6. The van der Waals surface area contributed by atoms with Crippen LogP contribution in [0.1, 0.15) is 19.3 Å². The molecule has 7 nitrogen and oxygen atoms in total. The van der Waals surface area contributed by atoms with Crippen LogP contribution in [0.15, 0.2) is 24.5 Å². The predicted molar refractivity (Wildman–Crippen MR) is 94.5 cm³/mol. The molecule has 126 valence electrons. The van der Waals surface area contributed by atoms with Crippen molar-refractivity contribution in [1.29, 1.82) is 0 Å². The first-order chi connectivity index (χ1) is 11.6. The highest BCUT2D eigenvalue weighted by atomic mass is 35.5. The number of nitro groups is 1. The number of nitrogens with one attached hydrogen (secondary N) is 1. The van der Waals surface area contributed by atoms with Gasteiger partial charge < -0.3 is 10.2 Å². The van der Waals surface area contributed by atoms with Crippen molar-refractivity contribution < 1.29 is 4.92 Å². The van der Waals surface area contributed by atoms with E-state index in [1.807, 2.05) is 4.90 Å². The molecule has 2 heterocycles. The first kappa shape index (κ1) is 16.7. The third-order valence-electron chi connectivity index (χ3n) is 3.85. The molecular formula is C15H15Cl2N5O2. The van der Waals surface area contributed by atoms with E-state index in [1.165, 1.54) is 6.33 Å². The standard InChI is InChI=1S/C15H15Cl2N5O2/c16-10-5-4-6-11(12(10)17)20-14-13(22(23)24)15(19-9-18-14)21-7-2-1-3-8-21/h4-6,9H,1-3,7-8H2,(H,18,19,20). The van der Waals surface area contributed by atoms with Gasteiger partial charge in [-0.05, 0) is 31.4 Å². The van der Waals surface area contributed by atoms with Gasteiger partial charge in [-0.3, -0.25) is 10.1 Å². The summed E-state index contributed by atoms with van der Waals surface area (Å²) in [5.74, 6) is 0.426. The SMILES string of the molecule is O=[N+]([O-])c1c(Nc2cccc(Cl)c2Cl)ncnc1N1CCCCC1. The summed E-state index contributed by atoms with van der Waals surface area (Å²) in [5.41, 5.74) is 0.297. The van der Waals surface area contributed by atoms with Gasteiger partial charge >= 0.3 is 5.69 Å². The molecule has 0 aliphatic carbocycles.